The molecule has 3 aromatic carbocycles. The van der Waals surface area contributed by atoms with E-state index in [1.807, 2.05) is 12.1 Å². The van der Waals surface area contributed by atoms with Crippen molar-refractivity contribution in [3.05, 3.63) is 124 Å². The van der Waals surface area contributed by atoms with E-state index in [0.717, 1.165) is 5.56 Å². The van der Waals surface area contributed by atoms with E-state index in [2.05, 4.69) is 4.99 Å². The lowest BCUT2D eigenvalue weighted by Gasteiger charge is -2.24. The first-order chi connectivity index (χ1) is 21.2. The molecule has 0 saturated heterocycles. The van der Waals surface area contributed by atoms with Crippen LogP contribution in [0.4, 0.5) is 5.69 Å². The molecule has 0 spiro atoms. The molecule has 0 saturated carbocycles. The van der Waals surface area contributed by atoms with Crippen LogP contribution in [0.25, 0.3) is 6.08 Å². The van der Waals surface area contributed by atoms with Crippen LogP contribution in [0, 0.1) is 10.1 Å². The van der Waals surface area contributed by atoms with Crippen molar-refractivity contribution in [3.8, 4) is 17.2 Å². The van der Waals surface area contributed by atoms with Crippen LogP contribution in [0.3, 0.4) is 0 Å². The summed E-state index contributed by atoms with van der Waals surface area (Å²) in [5, 5.41) is 10.9. The van der Waals surface area contributed by atoms with Crippen molar-refractivity contribution in [2.24, 2.45) is 4.99 Å². The Kier molecular flexibility index (Phi) is 8.91. The van der Waals surface area contributed by atoms with Crippen LogP contribution in [-0.2, 0) is 16.1 Å². The number of hydrogen-bond donors (Lipinski definition) is 0. The second-order valence-corrected chi connectivity index (χ2v) is 10.7. The predicted molar refractivity (Wildman–Crippen MR) is 164 cm³/mol. The summed E-state index contributed by atoms with van der Waals surface area (Å²) in [5.41, 5.74) is 2.64. The monoisotopic (exact) mass is 615 g/mol. The molecule has 5 rings (SSSR count). The zero-order valence-electron chi connectivity index (χ0n) is 24.4. The fourth-order valence-electron chi connectivity index (χ4n) is 4.81. The zero-order valence-corrected chi connectivity index (χ0v) is 25.3. The maximum atomic E-state index is 13.9. The maximum Gasteiger partial charge on any atom is 0.338 e. The van der Waals surface area contributed by atoms with Gasteiger partial charge in [-0.15, -0.1) is 0 Å². The number of rotatable bonds is 10. The highest BCUT2D eigenvalue weighted by Gasteiger charge is 2.33. The van der Waals surface area contributed by atoms with Gasteiger partial charge in [-0.05, 0) is 73.0 Å². The van der Waals surface area contributed by atoms with E-state index in [-0.39, 0.29) is 24.5 Å². The highest BCUT2D eigenvalue weighted by Crippen LogP contribution is 2.32. The molecule has 1 unspecified atom stereocenters. The maximum absolute atomic E-state index is 13.9. The number of benzene rings is 3. The second kappa shape index (κ2) is 13.0. The number of nitro groups is 1. The Balaban J connectivity index is 1.50. The molecule has 1 atom stereocenters. The minimum absolute atomic E-state index is 0.00330. The minimum Gasteiger partial charge on any atom is -0.497 e. The number of hydrogen-bond acceptors (Lipinski definition) is 10. The third-order valence-electron chi connectivity index (χ3n) is 6.98. The summed E-state index contributed by atoms with van der Waals surface area (Å²) >= 11 is 1.22. The quantitative estimate of drug-likeness (QED) is 0.147. The summed E-state index contributed by atoms with van der Waals surface area (Å²) in [7, 11) is 3.08. The summed E-state index contributed by atoms with van der Waals surface area (Å²) < 4.78 is 24.0. The number of aromatic nitrogens is 1. The normalized spacial score (nSPS) is 14.5. The standard InChI is InChI=1S/C32H29N3O8S/c1-5-42-31(37)28-19(2)33-32-34(29(28)22-9-13-24(40-3)14-10-22)30(36)27(44-32)17-21-8-15-25(26(16-21)41-4)43-18-20-6-11-23(12-7-20)35(38)39/h6-17,29H,5,18H2,1-4H3. The number of methoxy groups -OCH3 is 2. The lowest BCUT2D eigenvalue weighted by atomic mass is 9.96. The number of ether oxygens (including phenoxy) is 4. The van der Waals surface area contributed by atoms with Gasteiger partial charge in [0.2, 0.25) is 0 Å². The Morgan fingerprint density at radius 1 is 1.05 bits per heavy atom. The van der Waals surface area contributed by atoms with E-state index in [1.54, 1.807) is 69.5 Å². The molecule has 12 heteroatoms. The lowest BCUT2D eigenvalue weighted by Crippen LogP contribution is -2.39. The van der Waals surface area contributed by atoms with E-state index < -0.39 is 16.9 Å². The van der Waals surface area contributed by atoms with Crippen LogP contribution in [0.5, 0.6) is 17.2 Å². The van der Waals surface area contributed by atoms with Gasteiger partial charge in [-0.2, -0.15) is 0 Å². The first kappa shape index (κ1) is 30.2. The van der Waals surface area contributed by atoms with Crippen LogP contribution >= 0.6 is 11.3 Å². The highest BCUT2D eigenvalue weighted by molar-refractivity contribution is 7.07. The SMILES string of the molecule is CCOC(=O)C1=C(C)N=c2sc(=Cc3ccc(OCc4ccc([N+](=O)[O-])cc4)c(OC)c3)c(=O)n2C1c1ccc(OC)cc1. The van der Waals surface area contributed by atoms with Crippen molar-refractivity contribution in [2.45, 2.75) is 26.5 Å². The molecule has 1 aliphatic heterocycles. The molecule has 4 aromatic rings. The topological polar surface area (TPSA) is 131 Å². The Morgan fingerprint density at radius 3 is 2.41 bits per heavy atom. The molecule has 11 nitrogen and oxygen atoms in total. The van der Waals surface area contributed by atoms with Gasteiger partial charge in [0.15, 0.2) is 16.3 Å². The largest absolute Gasteiger partial charge is 0.497 e. The molecule has 0 fully saturated rings. The van der Waals surface area contributed by atoms with Crippen molar-refractivity contribution in [1.82, 2.24) is 4.57 Å². The molecule has 1 aromatic heterocycles. The first-order valence-electron chi connectivity index (χ1n) is 13.6. The van der Waals surface area contributed by atoms with Crippen molar-refractivity contribution in [3.63, 3.8) is 0 Å². The molecular formula is C32H29N3O8S. The Morgan fingerprint density at radius 2 is 1.77 bits per heavy atom. The zero-order chi connectivity index (χ0) is 31.4. The number of carbonyl (C=O) groups is 1. The third-order valence-corrected chi connectivity index (χ3v) is 7.96. The predicted octanol–water partition coefficient (Wildman–Crippen LogP) is 4.30. The Bertz CT molecular complexity index is 1930. The summed E-state index contributed by atoms with van der Waals surface area (Å²) in [4.78, 5) is 42.5. The van der Waals surface area contributed by atoms with E-state index in [4.69, 9.17) is 18.9 Å². The van der Waals surface area contributed by atoms with Crippen LogP contribution in [0.2, 0.25) is 0 Å². The Hall–Kier alpha value is -5.23. The van der Waals surface area contributed by atoms with E-state index in [0.29, 0.717) is 49.0 Å². The third kappa shape index (κ3) is 6.11. The van der Waals surface area contributed by atoms with Crippen molar-refractivity contribution < 1.29 is 28.7 Å². The first-order valence-corrected chi connectivity index (χ1v) is 14.4. The number of esters is 1. The van der Waals surface area contributed by atoms with Crippen molar-refractivity contribution in [1.29, 1.82) is 0 Å². The van der Waals surface area contributed by atoms with Crippen molar-refractivity contribution in [2.75, 3.05) is 20.8 Å². The molecule has 0 radical (unpaired) electrons. The molecular weight excluding hydrogens is 586 g/mol. The number of thiazole rings is 1. The van der Waals surface area contributed by atoms with Gasteiger partial charge in [-0.3, -0.25) is 19.5 Å². The number of carbonyl (C=O) groups excluding carboxylic acids is 1. The summed E-state index contributed by atoms with van der Waals surface area (Å²) in [5.74, 6) is 1.04. The number of fused-ring (bicyclic) bond motifs is 1. The van der Waals surface area contributed by atoms with E-state index in [1.165, 1.54) is 35.1 Å². The summed E-state index contributed by atoms with van der Waals surface area (Å²) in [6.07, 6.45) is 1.74. The second-order valence-electron chi connectivity index (χ2n) is 9.70. The molecule has 0 N–H and O–H groups in total. The van der Waals surface area contributed by atoms with Crippen LogP contribution in [0.15, 0.2) is 87.8 Å². The van der Waals surface area contributed by atoms with Gasteiger partial charge >= 0.3 is 5.97 Å². The molecule has 0 amide bonds. The van der Waals surface area contributed by atoms with Gasteiger partial charge in [0.05, 0.1) is 47.6 Å². The van der Waals surface area contributed by atoms with Gasteiger partial charge in [-0.1, -0.05) is 29.5 Å². The van der Waals surface area contributed by atoms with Crippen LogP contribution in [0.1, 0.15) is 36.6 Å². The number of nitro benzene ring substituents is 1. The van der Waals surface area contributed by atoms with E-state index >= 15 is 0 Å². The van der Waals surface area contributed by atoms with E-state index in [9.17, 15) is 19.7 Å². The van der Waals surface area contributed by atoms with Gasteiger partial charge in [0, 0.05) is 12.1 Å². The lowest BCUT2D eigenvalue weighted by molar-refractivity contribution is -0.384. The number of allylic oxidation sites excluding steroid dienone is 1. The van der Waals surface area contributed by atoms with Crippen LogP contribution < -0.4 is 29.1 Å². The number of non-ortho nitro benzene ring substituents is 1. The summed E-state index contributed by atoms with van der Waals surface area (Å²) in [6.45, 7) is 3.83. The molecule has 44 heavy (non-hydrogen) atoms. The van der Waals surface area contributed by atoms with Gasteiger partial charge in [0.25, 0.3) is 11.2 Å². The average molecular weight is 616 g/mol. The Labute approximate surface area is 256 Å². The smallest absolute Gasteiger partial charge is 0.338 e. The highest BCUT2D eigenvalue weighted by atomic mass is 32.1. The van der Waals surface area contributed by atoms with Crippen LogP contribution in [-0.4, -0.2) is 36.3 Å². The van der Waals surface area contributed by atoms with Gasteiger partial charge in [-0.25, -0.2) is 9.79 Å². The number of nitrogens with zero attached hydrogens (tertiary/aromatic N) is 3. The molecule has 2 heterocycles. The molecule has 226 valence electrons. The molecule has 1 aliphatic rings. The molecule has 0 bridgehead atoms. The van der Waals surface area contributed by atoms with Gasteiger partial charge < -0.3 is 18.9 Å². The fraction of sp³-hybridized carbons (Fsp3) is 0.219. The average Bonchev–Trinajstić information content (AvgIpc) is 3.33. The van der Waals surface area contributed by atoms with Gasteiger partial charge in [0.1, 0.15) is 12.4 Å². The molecule has 0 aliphatic carbocycles. The summed E-state index contributed by atoms with van der Waals surface area (Å²) in [6, 6.07) is 17.8. The fourth-order valence-corrected chi connectivity index (χ4v) is 5.86. The van der Waals surface area contributed by atoms with Crippen molar-refractivity contribution >= 4 is 29.1 Å². The minimum atomic E-state index is -0.733.